The molecule has 362 valence electrons. The van der Waals surface area contributed by atoms with E-state index in [-0.39, 0.29) is 0 Å². The Balaban J connectivity index is 0.732. The number of allylic oxidation sites excluding steroid dienone is 5. The zero-order valence-electron chi connectivity index (χ0n) is 42.5. The lowest BCUT2D eigenvalue weighted by atomic mass is 9.93. The van der Waals surface area contributed by atoms with E-state index in [2.05, 4.69) is 314 Å². The van der Waals surface area contributed by atoms with Gasteiger partial charge in [0.2, 0.25) is 0 Å². The minimum Gasteiger partial charge on any atom is -0.311 e. The van der Waals surface area contributed by atoms with Gasteiger partial charge in [-0.3, -0.25) is 0 Å². The van der Waals surface area contributed by atoms with Gasteiger partial charge in [-0.05, 0) is 168 Å². The fraction of sp³-hybridized carbons (Fsp3) is 0.0400. The molecule has 1 aliphatic carbocycles. The van der Waals surface area contributed by atoms with Crippen LogP contribution in [0.1, 0.15) is 35.1 Å². The minimum atomic E-state index is 0.827. The summed E-state index contributed by atoms with van der Waals surface area (Å²) in [6, 6.07) is 104. The zero-order chi connectivity index (χ0) is 50.9. The van der Waals surface area contributed by atoms with Crippen LogP contribution in [0.3, 0.4) is 0 Å². The third-order valence-corrected chi connectivity index (χ3v) is 14.7. The molecule has 0 N–H and O–H groups in total. The van der Waals surface area contributed by atoms with E-state index < -0.39 is 0 Å². The molecular weight excluding hydrogens is 915 g/mol. The molecule has 76 heavy (non-hydrogen) atoms. The molecule has 0 aromatic heterocycles. The van der Waals surface area contributed by atoms with Crippen LogP contribution in [0.4, 0.5) is 17.1 Å². The van der Waals surface area contributed by atoms with E-state index in [1.807, 2.05) is 0 Å². The molecular formula is C75H57N. The summed E-state index contributed by atoms with van der Waals surface area (Å²) in [5.74, 6) is 0. The highest BCUT2D eigenvalue weighted by molar-refractivity contribution is 5.85. The second-order valence-electron chi connectivity index (χ2n) is 19.6. The molecule has 1 heteroatoms. The van der Waals surface area contributed by atoms with Crippen molar-refractivity contribution in [2.75, 3.05) is 4.90 Å². The van der Waals surface area contributed by atoms with Crippen LogP contribution in [0, 0.1) is 0 Å². The number of para-hydroxylation sites is 1. The lowest BCUT2D eigenvalue weighted by molar-refractivity contribution is 1.05. The van der Waals surface area contributed by atoms with E-state index in [1.54, 1.807) is 0 Å². The first-order valence-electron chi connectivity index (χ1n) is 26.5. The van der Waals surface area contributed by atoms with Gasteiger partial charge in [0, 0.05) is 17.1 Å². The Labute approximate surface area is 448 Å². The van der Waals surface area contributed by atoms with Crippen LogP contribution in [-0.2, 0) is 6.42 Å². The standard InChI is InChI=1S/C75H57N/c1-5-15-57(16-6-1)68-21-13-23-70(53-68)66-39-35-62(36-40-66)60-31-27-55(28-32-60)51-72(59-19-9-3-10-20-59)52-56-29-33-61(34-30-56)64-43-47-74(48-44-64)76(73-25-11-4-12-26-73)75-49-45-65(46-50-75)63-37-41-67(42-38-63)71-24-14-22-69(54-71)58-17-7-2-8-18-58/h1-5,7-15,17-50,52-54H,6,16,51H2/b72-52-. The Morgan fingerprint density at radius 2 is 0.697 bits per heavy atom. The fourth-order valence-electron chi connectivity index (χ4n) is 10.5. The van der Waals surface area contributed by atoms with Gasteiger partial charge < -0.3 is 4.90 Å². The van der Waals surface area contributed by atoms with E-state index in [0.29, 0.717) is 0 Å². The van der Waals surface area contributed by atoms with E-state index >= 15 is 0 Å². The molecule has 0 amide bonds. The molecule has 0 saturated heterocycles. The van der Waals surface area contributed by atoms with Crippen molar-refractivity contribution >= 4 is 34.3 Å². The van der Waals surface area contributed by atoms with Gasteiger partial charge in [-0.1, -0.05) is 261 Å². The van der Waals surface area contributed by atoms with Crippen LogP contribution >= 0.6 is 0 Å². The van der Waals surface area contributed by atoms with Crippen LogP contribution in [0.25, 0.3) is 84.0 Å². The molecule has 1 nitrogen and oxygen atoms in total. The lowest BCUT2D eigenvalue weighted by Crippen LogP contribution is -2.09. The second kappa shape index (κ2) is 22.3. The number of benzene rings is 11. The molecule has 12 rings (SSSR count). The first kappa shape index (κ1) is 47.4. The summed E-state index contributed by atoms with van der Waals surface area (Å²) in [6.07, 6.45) is 12.0. The highest BCUT2D eigenvalue weighted by atomic mass is 15.1. The van der Waals surface area contributed by atoms with Gasteiger partial charge in [-0.25, -0.2) is 0 Å². The summed E-state index contributed by atoms with van der Waals surface area (Å²) in [5.41, 5.74) is 25.6. The lowest BCUT2D eigenvalue weighted by Gasteiger charge is -2.26. The van der Waals surface area contributed by atoms with Gasteiger partial charge >= 0.3 is 0 Å². The normalized spacial score (nSPS) is 12.3. The SMILES string of the molecule is C1=CCCC(c2cccc(-c3ccc(-c4ccc(C/C(=C/c5ccc(-c6ccc(N(c7ccccc7)c7ccc(-c8ccc(-c9cccc(-c%10ccccc%10)c9)cc8)cc7)cc6)cc5)c5ccccc5)cc4)cc3)c2)=C1. The Bertz CT molecular complexity index is 3790. The average molecular weight is 972 g/mol. The monoisotopic (exact) mass is 971 g/mol. The maximum Gasteiger partial charge on any atom is 0.0462 e. The first-order chi connectivity index (χ1) is 37.6. The Kier molecular flexibility index (Phi) is 13.9. The molecule has 0 atom stereocenters. The molecule has 0 fully saturated rings. The van der Waals surface area contributed by atoms with Crippen LogP contribution in [0.15, 0.2) is 303 Å². The number of hydrogen-bond donors (Lipinski definition) is 0. The third-order valence-electron chi connectivity index (χ3n) is 14.7. The van der Waals surface area contributed by atoms with E-state index in [4.69, 9.17) is 0 Å². The van der Waals surface area contributed by atoms with Crippen molar-refractivity contribution in [1.82, 2.24) is 0 Å². The summed E-state index contributed by atoms with van der Waals surface area (Å²) in [5, 5.41) is 0. The second-order valence-corrected chi connectivity index (χ2v) is 19.6. The highest BCUT2D eigenvalue weighted by Crippen LogP contribution is 2.38. The van der Waals surface area contributed by atoms with Gasteiger partial charge in [-0.2, -0.15) is 0 Å². The van der Waals surface area contributed by atoms with Crippen molar-refractivity contribution in [2.24, 2.45) is 0 Å². The number of rotatable bonds is 14. The zero-order valence-corrected chi connectivity index (χ0v) is 42.5. The van der Waals surface area contributed by atoms with E-state index in [1.165, 1.54) is 100 Å². The molecule has 0 saturated carbocycles. The molecule has 0 heterocycles. The Morgan fingerprint density at radius 3 is 1.18 bits per heavy atom. The van der Waals surface area contributed by atoms with Crippen LogP contribution < -0.4 is 4.90 Å². The summed E-state index contributed by atoms with van der Waals surface area (Å²) < 4.78 is 0. The summed E-state index contributed by atoms with van der Waals surface area (Å²) in [6.45, 7) is 0. The smallest absolute Gasteiger partial charge is 0.0462 e. The minimum absolute atomic E-state index is 0.827. The third kappa shape index (κ3) is 10.9. The predicted octanol–water partition coefficient (Wildman–Crippen LogP) is 20.7. The fourth-order valence-corrected chi connectivity index (χ4v) is 10.5. The van der Waals surface area contributed by atoms with Crippen molar-refractivity contribution < 1.29 is 0 Å². The Morgan fingerprint density at radius 1 is 0.329 bits per heavy atom. The topological polar surface area (TPSA) is 3.24 Å². The van der Waals surface area contributed by atoms with Gasteiger partial charge in [0.05, 0.1) is 0 Å². The molecule has 11 aromatic carbocycles. The van der Waals surface area contributed by atoms with Crippen LogP contribution in [0.5, 0.6) is 0 Å². The maximum atomic E-state index is 2.34. The highest BCUT2D eigenvalue weighted by Gasteiger charge is 2.14. The predicted molar refractivity (Wildman–Crippen MR) is 325 cm³/mol. The van der Waals surface area contributed by atoms with E-state index in [9.17, 15) is 0 Å². The average Bonchev–Trinajstić information content (AvgIpc) is 3.51. The summed E-state index contributed by atoms with van der Waals surface area (Å²) in [4.78, 5) is 2.33. The number of nitrogens with zero attached hydrogens (tertiary/aromatic N) is 1. The van der Waals surface area contributed by atoms with Gasteiger partial charge in [0.15, 0.2) is 0 Å². The van der Waals surface area contributed by atoms with Gasteiger partial charge in [0.1, 0.15) is 0 Å². The van der Waals surface area contributed by atoms with Crippen molar-refractivity contribution in [1.29, 1.82) is 0 Å². The molecule has 1 aliphatic rings. The molecule has 0 radical (unpaired) electrons. The first-order valence-corrected chi connectivity index (χ1v) is 26.5. The summed E-state index contributed by atoms with van der Waals surface area (Å²) >= 11 is 0. The molecule has 0 unspecified atom stereocenters. The van der Waals surface area contributed by atoms with Gasteiger partial charge in [0.25, 0.3) is 0 Å². The van der Waals surface area contributed by atoms with Crippen LogP contribution in [-0.4, -0.2) is 0 Å². The van der Waals surface area contributed by atoms with Crippen molar-refractivity contribution in [3.05, 3.63) is 326 Å². The van der Waals surface area contributed by atoms with Crippen molar-refractivity contribution in [2.45, 2.75) is 19.3 Å². The van der Waals surface area contributed by atoms with Crippen LogP contribution in [0.2, 0.25) is 0 Å². The van der Waals surface area contributed by atoms with Crippen molar-refractivity contribution in [3.8, 4) is 66.8 Å². The molecule has 0 bridgehead atoms. The van der Waals surface area contributed by atoms with Crippen molar-refractivity contribution in [3.63, 3.8) is 0 Å². The molecule has 11 aromatic rings. The Hall–Kier alpha value is -9.56. The number of anilines is 3. The maximum absolute atomic E-state index is 2.34. The largest absolute Gasteiger partial charge is 0.311 e. The molecule has 0 spiro atoms. The number of hydrogen-bond acceptors (Lipinski definition) is 1. The summed E-state index contributed by atoms with van der Waals surface area (Å²) in [7, 11) is 0. The quantitative estimate of drug-likeness (QED) is 0.0982. The van der Waals surface area contributed by atoms with Gasteiger partial charge in [-0.15, -0.1) is 0 Å². The van der Waals surface area contributed by atoms with E-state index in [0.717, 1.165) is 36.3 Å². The molecule has 0 aliphatic heterocycles.